The van der Waals surface area contributed by atoms with Gasteiger partial charge in [-0.2, -0.15) is 0 Å². The average molecular weight is 445 g/mol. The summed E-state index contributed by atoms with van der Waals surface area (Å²) in [5.41, 5.74) is 1.92. The molecule has 0 bridgehead atoms. The van der Waals surface area contributed by atoms with Crippen molar-refractivity contribution in [3.8, 4) is 5.75 Å². The van der Waals surface area contributed by atoms with Crippen molar-refractivity contribution in [1.82, 2.24) is 10.6 Å². The van der Waals surface area contributed by atoms with Gasteiger partial charge in [-0.3, -0.25) is 9.59 Å². The minimum atomic E-state index is -1.41. The Bertz CT molecular complexity index is 1070. The molecule has 0 aliphatic heterocycles. The van der Waals surface area contributed by atoms with Gasteiger partial charge in [-0.1, -0.05) is 60.7 Å². The van der Waals surface area contributed by atoms with E-state index >= 15 is 0 Å². The number of methoxy groups -OCH3 is 1. The highest BCUT2D eigenvalue weighted by molar-refractivity contribution is 5.98. The molecule has 33 heavy (non-hydrogen) atoms. The molecule has 3 rings (SSSR count). The van der Waals surface area contributed by atoms with E-state index in [1.807, 2.05) is 30.3 Å². The summed E-state index contributed by atoms with van der Waals surface area (Å²) in [6.07, 6.45) is 0.232. The van der Waals surface area contributed by atoms with Crippen molar-refractivity contribution in [3.63, 3.8) is 0 Å². The van der Waals surface area contributed by atoms with Gasteiger partial charge in [0, 0.05) is 12.0 Å². The molecule has 3 aromatic rings. The highest BCUT2D eigenvalue weighted by Gasteiger charge is 2.25. The maximum atomic E-state index is 13.1. The molecule has 0 saturated carbocycles. The molecule has 0 fully saturated rings. The number of hydrogen-bond donors (Lipinski definition) is 2. The number of rotatable bonds is 10. The van der Waals surface area contributed by atoms with Gasteiger partial charge in [-0.05, 0) is 41.8 Å². The SMILES string of the molecule is COc1ccc(C[C@H](NC(=O)[C@H](Cc2ccccc2)NC(=O)c2ccccc2)C(=O)[O-])cc1. The maximum absolute atomic E-state index is 13.1. The van der Waals surface area contributed by atoms with Gasteiger partial charge >= 0.3 is 0 Å². The predicted octanol–water partition coefficient (Wildman–Crippen LogP) is 1.51. The minimum absolute atomic E-state index is 0.0305. The van der Waals surface area contributed by atoms with E-state index < -0.39 is 29.9 Å². The molecular formula is C26H25N2O5-. The maximum Gasteiger partial charge on any atom is 0.251 e. The highest BCUT2D eigenvalue weighted by atomic mass is 16.5. The van der Waals surface area contributed by atoms with Gasteiger partial charge in [0.2, 0.25) is 5.91 Å². The van der Waals surface area contributed by atoms with Crippen LogP contribution in [0.15, 0.2) is 84.9 Å². The van der Waals surface area contributed by atoms with Crippen LogP contribution in [0.2, 0.25) is 0 Å². The first-order chi connectivity index (χ1) is 16.0. The number of carboxylic acids is 1. The molecule has 3 aromatic carbocycles. The molecule has 170 valence electrons. The number of aliphatic carboxylic acids is 1. The molecule has 2 atom stereocenters. The number of benzene rings is 3. The monoisotopic (exact) mass is 445 g/mol. The molecule has 0 unspecified atom stereocenters. The second-order valence-electron chi connectivity index (χ2n) is 7.51. The average Bonchev–Trinajstić information content (AvgIpc) is 2.84. The van der Waals surface area contributed by atoms with Crippen LogP contribution >= 0.6 is 0 Å². The Morgan fingerprint density at radius 2 is 1.30 bits per heavy atom. The molecule has 0 spiro atoms. The molecule has 0 saturated heterocycles. The zero-order chi connectivity index (χ0) is 23.6. The topological polar surface area (TPSA) is 108 Å². The van der Waals surface area contributed by atoms with Gasteiger partial charge in [0.25, 0.3) is 5.91 Å². The molecule has 0 heterocycles. The lowest BCUT2D eigenvalue weighted by Crippen LogP contribution is -2.55. The zero-order valence-corrected chi connectivity index (χ0v) is 18.2. The second-order valence-corrected chi connectivity index (χ2v) is 7.51. The number of nitrogens with one attached hydrogen (secondary N) is 2. The van der Waals surface area contributed by atoms with E-state index in [0.717, 1.165) is 5.56 Å². The first-order valence-corrected chi connectivity index (χ1v) is 10.5. The first kappa shape index (κ1) is 23.5. The number of ether oxygens (including phenoxy) is 1. The van der Waals surface area contributed by atoms with Crippen molar-refractivity contribution in [2.75, 3.05) is 7.11 Å². The van der Waals surface area contributed by atoms with Gasteiger partial charge in [0.15, 0.2) is 0 Å². The third kappa shape index (κ3) is 6.93. The number of carbonyl (C=O) groups is 3. The van der Waals surface area contributed by atoms with E-state index in [0.29, 0.717) is 16.9 Å². The molecule has 0 aliphatic carbocycles. The Morgan fingerprint density at radius 3 is 1.88 bits per heavy atom. The summed E-state index contributed by atoms with van der Waals surface area (Å²) in [6.45, 7) is 0. The molecule has 0 aliphatic rings. The van der Waals surface area contributed by atoms with E-state index in [1.165, 1.54) is 7.11 Å². The molecule has 7 heteroatoms. The van der Waals surface area contributed by atoms with Crippen LogP contribution in [-0.4, -0.2) is 37.0 Å². The zero-order valence-electron chi connectivity index (χ0n) is 18.2. The van der Waals surface area contributed by atoms with E-state index in [-0.39, 0.29) is 12.8 Å². The van der Waals surface area contributed by atoms with Crippen LogP contribution in [0.3, 0.4) is 0 Å². The Labute approximate surface area is 192 Å². The first-order valence-electron chi connectivity index (χ1n) is 10.5. The lowest BCUT2D eigenvalue weighted by molar-refractivity contribution is -0.308. The summed E-state index contributed by atoms with van der Waals surface area (Å²) in [6, 6.07) is 22.3. The number of hydrogen-bond acceptors (Lipinski definition) is 5. The Morgan fingerprint density at radius 1 is 0.758 bits per heavy atom. The Balaban J connectivity index is 1.76. The van der Waals surface area contributed by atoms with E-state index in [4.69, 9.17) is 4.74 Å². The fraction of sp³-hybridized carbons (Fsp3) is 0.192. The lowest BCUT2D eigenvalue weighted by atomic mass is 10.0. The summed E-state index contributed by atoms with van der Waals surface area (Å²) < 4.78 is 5.11. The summed E-state index contributed by atoms with van der Waals surface area (Å²) in [7, 11) is 1.54. The fourth-order valence-corrected chi connectivity index (χ4v) is 3.35. The minimum Gasteiger partial charge on any atom is -0.548 e. The van der Waals surface area contributed by atoms with Crippen molar-refractivity contribution >= 4 is 17.8 Å². The number of carboxylic acid groups (broad SMARTS) is 1. The number of amides is 2. The Kier molecular flexibility index (Phi) is 8.18. The molecule has 7 nitrogen and oxygen atoms in total. The van der Waals surface area contributed by atoms with E-state index in [9.17, 15) is 19.5 Å². The molecular weight excluding hydrogens is 420 g/mol. The van der Waals surface area contributed by atoms with Crippen LogP contribution in [0.25, 0.3) is 0 Å². The third-order valence-electron chi connectivity index (χ3n) is 5.14. The Hall–Kier alpha value is -4.13. The highest BCUT2D eigenvalue weighted by Crippen LogP contribution is 2.13. The second kappa shape index (κ2) is 11.5. The van der Waals surface area contributed by atoms with Crippen molar-refractivity contribution < 1.29 is 24.2 Å². The molecule has 2 amide bonds. The summed E-state index contributed by atoms with van der Waals surface area (Å²) in [5, 5.41) is 17.0. The van der Waals surface area contributed by atoms with Crippen molar-refractivity contribution in [2.24, 2.45) is 0 Å². The van der Waals surface area contributed by atoms with Gasteiger partial charge in [-0.25, -0.2) is 0 Å². The van der Waals surface area contributed by atoms with Gasteiger partial charge < -0.3 is 25.3 Å². The van der Waals surface area contributed by atoms with E-state index in [2.05, 4.69) is 10.6 Å². The largest absolute Gasteiger partial charge is 0.548 e. The fourth-order valence-electron chi connectivity index (χ4n) is 3.35. The van der Waals surface area contributed by atoms with Crippen molar-refractivity contribution in [1.29, 1.82) is 0 Å². The predicted molar refractivity (Wildman–Crippen MR) is 121 cm³/mol. The summed E-state index contributed by atoms with van der Waals surface area (Å²) >= 11 is 0. The summed E-state index contributed by atoms with van der Waals surface area (Å²) in [4.78, 5) is 37.5. The van der Waals surface area contributed by atoms with Gasteiger partial charge in [0.1, 0.15) is 11.8 Å². The van der Waals surface area contributed by atoms with Crippen LogP contribution < -0.4 is 20.5 Å². The van der Waals surface area contributed by atoms with Crippen LogP contribution in [0.4, 0.5) is 0 Å². The molecule has 0 aromatic heterocycles. The lowest BCUT2D eigenvalue weighted by Gasteiger charge is -2.24. The third-order valence-corrected chi connectivity index (χ3v) is 5.14. The van der Waals surface area contributed by atoms with Crippen LogP contribution in [-0.2, 0) is 22.4 Å². The van der Waals surface area contributed by atoms with Gasteiger partial charge in [-0.15, -0.1) is 0 Å². The molecule has 2 N–H and O–H groups in total. The van der Waals surface area contributed by atoms with Crippen LogP contribution in [0.1, 0.15) is 21.5 Å². The molecule has 0 radical (unpaired) electrons. The quantitative estimate of drug-likeness (QED) is 0.492. The standard InChI is InChI=1S/C26H26N2O5/c1-33-21-14-12-19(13-15-21)17-23(26(31)32)28-25(30)22(16-18-8-4-2-5-9-18)27-24(29)20-10-6-3-7-11-20/h2-15,22-23H,16-17H2,1H3,(H,27,29)(H,28,30)(H,31,32)/p-1/t22-,23-/m0/s1. The van der Waals surface area contributed by atoms with Crippen LogP contribution in [0.5, 0.6) is 5.75 Å². The van der Waals surface area contributed by atoms with Crippen molar-refractivity contribution in [2.45, 2.75) is 24.9 Å². The van der Waals surface area contributed by atoms with E-state index in [1.54, 1.807) is 54.6 Å². The smallest absolute Gasteiger partial charge is 0.251 e. The van der Waals surface area contributed by atoms with Crippen molar-refractivity contribution in [3.05, 3.63) is 102 Å². The normalized spacial score (nSPS) is 12.3. The van der Waals surface area contributed by atoms with Crippen LogP contribution in [0, 0.1) is 0 Å². The number of carbonyl (C=O) groups excluding carboxylic acids is 3. The van der Waals surface area contributed by atoms with Gasteiger partial charge in [0.05, 0.1) is 19.1 Å². The summed E-state index contributed by atoms with van der Waals surface area (Å²) in [5.74, 6) is -1.80.